The van der Waals surface area contributed by atoms with E-state index in [1.807, 2.05) is 0 Å². The van der Waals surface area contributed by atoms with Crippen LogP contribution in [0.25, 0.3) is 0 Å². The van der Waals surface area contributed by atoms with Crippen LogP contribution in [0.15, 0.2) is 0 Å². The van der Waals surface area contributed by atoms with Crippen molar-refractivity contribution in [3.05, 3.63) is 0 Å². The Morgan fingerprint density at radius 1 is 1.53 bits per heavy atom. The zero-order valence-corrected chi connectivity index (χ0v) is 11.9. The van der Waals surface area contributed by atoms with Gasteiger partial charge in [0.15, 0.2) is 0 Å². The van der Waals surface area contributed by atoms with E-state index in [0.717, 1.165) is 31.1 Å². The zero-order chi connectivity index (χ0) is 11.1. The topological polar surface area (TPSA) is 17.1 Å². The van der Waals surface area contributed by atoms with Gasteiger partial charge in [-0.3, -0.25) is 4.79 Å². The first-order valence-electron chi connectivity index (χ1n) is 6.19. The fraction of sp³-hybridized carbons (Fsp3) is 0.923. The molecule has 15 heavy (non-hydrogen) atoms. The highest BCUT2D eigenvalue weighted by molar-refractivity contribution is 14.1. The first-order valence-corrected chi connectivity index (χ1v) is 7.71. The predicted molar refractivity (Wildman–Crippen MR) is 71.2 cm³/mol. The van der Waals surface area contributed by atoms with Gasteiger partial charge in [-0.15, -0.1) is 0 Å². The van der Waals surface area contributed by atoms with Crippen LogP contribution in [0.3, 0.4) is 0 Å². The van der Waals surface area contributed by atoms with Crippen LogP contribution in [0, 0.1) is 23.2 Å². The van der Waals surface area contributed by atoms with Gasteiger partial charge in [0, 0.05) is 16.3 Å². The van der Waals surface area contributed by atoms with Crippen molar-refractivity contribution in [1.29, 1.82) is 0 Å². The third-order valence-corrected chi connectivity index (χ3v) is 6.25. The van der Waals surface area contributed by atoms with Crippen molar-refractivity contribution in [1.82, 2.24) is 0 Å². The van der Waals surface area contributed by atoms with Crippen molar-refractivity contribution in [3.63, 3.8) is 0 Å². The highest BCUT2D eigenvalue weighted by atomic mass is 127. The van der Waals surface area contributed by atoms with Gasteiger partial charge >= 0.3 is 0 Å². The van der Waals surface area contributed by atoms with Crippen molar-refractivity contribution in [2.24, 2.45) is 23.2 Å². The Morgan fingerprint density at radius 2 is 2.27 bits per heavy atom. The number of ketones is 1. The second-order valence-corrected chi connectivity index (χ2v) is 6.55. The first kappa shape index (κ1) is 11.9. The molecule has 2 saturated carbocycles. The molecule has 0 aromatic rings. The van der Waals surface area contributed by atoms with E-state index in [1.165, 1.54) is 17.3 Å². The maximum Gasteiger partial charge on any atom is 0.139 e. The number of alkyl halides is 1. The van der Waals surface area contributed by atoms with E-state index in [-0.39, 0.29) is 5.41 Å². The van der Waals surface area contributed by atoms with Crippen LogP contribution in [-0.4, -0.2) is 10.2 Å². The van der Waals surface area contributed by atoms with Crippen LogP contribution in [0.1, 0.15) is 46.0 Å². The van der Waals surface area contributed by atoms with Gasteiger partial charge in [0.05, 0.1) is 0 Å². The highest BCUT2D eigenvalue weighted by Gasteiger charge is 2.51. The Labute approximate surface area is 107 Å². The Bertz CT molecular complexity index is 263. The quantitative estimate of drug-likeness (QED) is 0.558. The van der Waals surface area contributed by atoms with Crippen LogP contribution in [0.4, 0.5) is 0 Å². The average Bonchev–Trinajstić information content (AvgIpc) is 2.57. The molecule has 0 spiro atoms. The number of fused-ring (bicyclic) bond motifs is 1. The molecular formula is C13H21IO. The lowest BCUT2D eigenvalue weighted by atomic mass is 9.65. The summed E-state index contributed by atoms with van der Waals surface area (Å²) in [5, 5.41) is 0. The normalized spacial score (nSPS) is 42.7. The third kappa shape index (κ3) is 1.87. The Balaban J connectivity index is 2.18. The summed E-state index contributed by atoms with van der Waals surface area (Å²) < 4.78 is 1.24. The van der Waals surface area contributed by atoms with Crippen LogP contribution in [-0.2, 0) is 4.79 Å². The maximum atomic E-state index is 12.1. The molecule has 0 aliphatic heterocycles. The smallest absolute Gasteiger partial charge is 0.139 e. The van der Waals surface area contributed by atoms with Crippen LogP contribution < -0.4 is 0 Å². The Kier molecular flexibility index (Phi) is 3.44. The molecule has 2 fully saturated rings. The Hall–Kier alpha value is 0.400. The molecule has 0 heterocycles. The molecule has 4 atom stereocenters. The lowest BCUT2D eigenvalue weighted by Crippen LogP contribution is -2.38. The van der Waals surface area contributed by atoms with Crippen LogP contribution in [0.2, 0.25) is 0 Å². The van der Waals surface area contributed by atoms with Gasteiger partial charge in [0.1, 0.15) is 5.78 Å². The molecule has 86 valence electrons. The molecule has 2 rings (SSSR count). The third-order valence-electron chi connectivity index (χ3n) is 4.86. The summed E-state index contributed by atoms with van der Waals surface area (Å²) in [5.74, 6) is 2.87. The largest absolute Gasteiger partial charge is 0.299 e. The molecule has 0 saturated heterocycles. The van der Waals surface area contributed by atoms with Gasteiger partial charge in [-0.1, -0.05) is 36.4 Å². The molecule has 2 aliphatic rings. The van der Waals surface area contributed by atoms with Crippen molar-refractivity contribution in [2.75, 3.05) is 4.43 Å². The fourth-order valence-electron chi connectivity index (χ4n) is 3.77. The summed E-state index contributed by atoms with van der Waals surface area (Å²) in [6.07, 6.45) is 5.73. The SMILES string of the molecule is C[C@@H](CI)[C@H]1CC[C@]2(C)C(=O)CCCC12. The van der Waals surface area contributed by atoms with Crippen molar-refractivity contribution in [3.8, 4) is 0 Å². The fourth-order valence-corrected chi connectivity index (χ4v) is 4.42. The number of rotatable bonds is 2. The van der Waals surface area contributed by atoms with E-state index < -0.39 is 0 Å². The second-order valence-electron chi connectivity index (χ2n) is 5.67. The molecule has 2 heteroatoms. The highest BCUT2D eigenvalue weighted by Crippen LogP contribution is 2.55. The van der Waals surface area contributed by atoms with Crippen LogP contribution >= 0.6 is 22.6 Å². The first-order chi connectivity index (χ1) is 7.09. The molecular weight excluding hydrogens is 299 g/mol. The summed E-state index contributed by atoms with van der Waals surface area (Å²) >= 11 is 2.49. The minimum atomic E-state index is 0.0585. The molecule has 0 bridgehead atoms. The summed E-state index contributed by atoms with van der Waals surface area (Å²) in [6.45, 7) is 4.60. The molecule has 0 aromatic heterocycles. The van der Waals surface area contributed by atoms with Crippen molar-refractivity contribution >= 4 is 28.4 Å². The minimum absolute atomic E-state index is 0.0585. The maximum absolute atomic E-state index is 12.1. The number of halogens is 1. The summed E-state index contributed by atoms with van der Waals surface area (Å²) in [4.78, 5) is 12.1. The minimum Gasteiger partial charge on any atom is -0.299 e. The number of hydrogen-bond donors (Lipinski definition) is 0. The molecule has 0 radical (unpaired) electrons. The standard InChI is InChI=1S/C13H21IO/c1-9(8-14)10-6-7-13(2)11(10)4-3-5-12(13)15/h9-11H,3-8H2,1-2H3/t9-,10+,11?,13-/m0/s1. The molecule has 0 N–H and O–H groups in total. The molecule has 0 aromatic carbocycles. The van der Waals surface area contributed by atoms with E-state index in [2.05, 4.69) is 36.4 Å². The monoisotopic (exact) mass is 320 g/mol. The van der Waals surface area contributed by atoms with Crippen molar-refractivity contribution in [2.45, 2.75) is 46.0 Å². The van der Waals surface area contributed by atoms with Gasteiger partial charge in [-0.25, -0.2) is 0 Å². The van der Waals surface area contributed by atoms with Gasteiger partial charge < -0.3 is 0 Å². The van der Waals surface area contributed by atoms with Gasteiger partial charge in [0.25, 0.3) is 0 Å². The summed E-state index contributed by atoms with van der Waals surface area (Å²) in [7, 11) is 0. The van der Waals surface area contributed by atoms with E-state index in [4.69, 9.17) is 0 Å². The number of carbonyl (C=O) groups excluding carboxylic acids is 1. The lowest BCUT2D eigenvalue weighted by molar-refractivity contribution is -0.133. The second kappa shape index (κ2) is 4.34. The number of hydrogen-bond acceptors (Lipinski definition) is 1. The molecule has 1 nitrogen and oxygen atoms in total. The number of Topliss-reactive ketones (excluding diaryl/α,β-unsaturated/α-hetero) is 1. The summed E-state index contributed by atoms with van der Waals surface area (Å²) in [5.41, 5.74) is 0.0585. The van der Waals surface area contributed by atoms with Crippen molar-refractivity contribution < 1.29 is 4.79 Å². The van der Waals surface area contributed by atoms with Gasteiger partial charge in [0.2, 0.25) is 0 Å². The van der Waals surface area contributed by atoms with Gasteiger partial charge in [-0.05, 0) is 43.4 Å². The molecule has 1 unspecified atom stereocenters. The van der Waals surface area contributed by atoms with Gasteiger partial charge in [-0.2, -0.15) is 0 Å². The lowest BCUT2D eigenvalue weighted by Gasteiger charge is -2.38. The van der Waals surface area contributed by atoms with Crippen LogP contribution in [0.5, 0.6) is 0 Å². The van der Waals surface area contributed by atoms with E-state index in [9.17, 15) is 4.79 Å². The average molecular weight is 320 g/mol. The van der Waals surface area contributed by atoms with E-state index in [0.29, 0.717) is 11.7 Å². The molecule has 0 amide bonds. The predicted octanol–water partition coefficient (Wildman–Crippen LogP) is 3.84. The molecule has 2 aliphatic carbocycles. The van der Waals surface area contributed by atoms with E-state index >= 15 is 0 Å². The zero-order valence-electron chi connectivity index (χ0n) is 9.76. The number of carbonyl (C=O) groups is 1. The summed E-state index contributed by atoms with van der Waals surface area (Å²) in [6, 6.07) is 0. The van der Waals surface area contributed by atoms with E-state index in [1.54, 1.807) is 0 Å². The Morgan fingerprint density at radius 3 is 2.93 bits per heavy atom.